The number of carbonyl (C=O) groups excluding carboxylic acids is 1. The molecule has 0 aliphatic rings. The molecule has 0 atom stereocenters. The highest BCUT2D eigenvalue weighted by Gasteiger charge is 2.28. The van der Waals surface area contributed by atoms with Gasteiger partial charge in [0.1, 0.15) is 5.15 Å². The molecule has 0 aromatic carbocycles. The number of hydrogen-bond donors (Lipinski definition) is 1. The SMILES string of the molecule is Cc1cc(C(=O)N(CCC(=O)O)C(C)(C)C)cc(Cl)n1. The molecule has 0 saturated carbocycles. The third-order valence-corrected chi connectivity index (χ3v) is 2.97. The number of carbonyl (C=O) groups is 2. The lowest BCUT2D eigenvalue weighted by molar-refractivity contribution is -0.137. The van der Waals surface area contributed by atoms with Gasteiger partial charge in [0, 0.05) is 23.3 Å². The summed E-state index contributed by atoms with van der Waals surface area (Å²) < 4.78 is 0. The van der Waals surface area contributed by atoms with Crippen LogP contribution in [0.15, 0.2) is 12.1 Å². The van der Waals surface area contributed by atoms with E-state index in [1.165, 1.54) is 11.0 Å². The summed E-state index contributed by atoms with van der Waals surface area (Å²) in [7, 11) is 0. The third kappa shape index (κ3) is 4.49. The summed E-state index contributed by atoms with van der Waals surface area (Å²) in [5, 5.41) is 9.05. The Bertz CT molecular complexity index is 503. The average molecular weight is 299 g/mol. The van der Waals surface area contributed by atoms with Gasteiger partial charge in [0.15, 0.2) is 0 Å². The van der Waals surface area contributed by atoms with E-state index in [9.17, 15) is 9.59 Å². The van der Waals surface area contributed by atoms with Crippen LogP contribution in [0.1, 0.15) is 43.2 Å². The van der Waals surface area contributed by atoms with E-state index in [4.69, 9.17) is 16.7 Å². The molecule has 6 heteroatoms. The molecule has 0 fully saturated rings. The zero-order chi connectivity index (χ0) is 15.5. The number of carboxylic acids is 1. The molecule has 0 bridgehead atoms. The van der Waals surface area contributed by atoms with E-state index in [2.05, 4.69) is 4.98 Å². The Morgan fingerprint density at radius 3 is 2.40 bits per heavy atom. The second kappa shape index (κ2) is 6.22. The van der Waals surface area contributed by atoms with E-state index in [0.29, 0.717) is 11.3 Å². The molecule has 0 aliphatic carbocycles. The van der Waals surface area contributed by atoms with Crippen LogP contribution < -0.4 is 0 Å². The van der Waals surface area contributed by atoms with Crippen LogP contribution in [0.2, 0.25) is 5.15 Å². The van der Waals surface area contributed by atoms with Crippen molar-refractivity contribution in [1.82, 2.24) is 9.88 Å². The van der Waals surface area contributed by atoms with Crippen molar-refractivity contribution in [3.63, 3.8) is 0 Å². The maximum Gasteiger partial charge on any atom is 0.305 e. The lowest BCUT2D eigenvalue weighted by atomic mass is 10.0. The Balaban J connectivity index is 3.06. The molecule has 0 radical (unpaired) electrons. The maximum atomic E-state index is 12.6. The lowest BCUT2D eigenvalue weighted by Gasteiger charge is -2.35. The Morgan fingerprint density at radius 1 is 1.35 bits per heavy atom. The first-order valence-corrected chi connectivity index (χ1v) is 6.67. The van der Waals surface area contributed by atoms with Crippen molar-refractivity contribution in [2.24, 2.45) is 0 Å². The standard InChI is InChI=1S/C14H19ClN2O3/c1-9-7-10(8-11(15)16-9)13(20)17(14(2,3)4)6-5-12(18)19/h7-8H,5-6H2,1-4H3,(H,18,19). The first-order chi connectivity index (χ1) is 9.11. The van der Waals surface area contributed by atoms with Crippen molar-refractivity contribution in [1.29, 1.82) is 0 Å². The highest BCUT2D eigenvalue weighted by molar-refractivity contribution is 6.29. The van der Waals surface area contributed by atoms with Gasteiger partial charge in [-0.25, -0.2) is 4.98 Å². The summed E-state index contributed by atoms with van der Waals surface area (Å²) in [4.78, 5) is 28.8. The van der Waals surface area contributed by atoms with Gasteiger partial charge < -0.3 is 10.0 Å². The zero-order valence-corrected chi connectivity index (χ0v) is 12.9. The molecule has 1 heterocycles. The number of carboxylic acid groups (broad SMARTS) is 1. The Hall–Kier alpha value is -1.62. The monoisotopic (exact) mass is 298 g/mol. The van der Waals surface area contributed by atoms with Crippen molar-refractivity contribution >= 4 is 23.5 Å². The van der Waals surface area contributed by atoms with Crippen LogP contribution in [-0.2, 0) is 4.79 Å². The van der Waals surface area contributed by atoms with E-state index in [1.54, 1.807) is 13.0 Å². The lowest BCUT2D eigenvalue weighted by Crippen LogP contribution is -2.46. The second-order valence-electron chi connectivity index (χ2n) is 5.59. The summed E-state index contributed by atoms with van der Waals surface area (Å²) in [6.45, 7) is 7.49. The quantitative estimate of drug-likeness (QED) is 0.868. The number of rotatable bonds is 4. The number of aromatic nitrogens is 1. The summed E-state index contributed by atoms with van der Waals surface area (Å²) in [5.41, 5.74) is 0.590. The molecule has 0 saturated heterocycles. The van der Waals surface area contributed by atoms with Gasteiger partial charge in [-0.15, -0.1) is 0 Å². The first kappa shape index (κ1) is 16.4. The first-order valence-electron chi connectivity index (χ1n) is 6.29. The van der Waals surface area contributed by atoms with E-state index in [0.717, 1.165) is 0 Å². The predicted molar refractivity (Wildman–Crippen MR) is 77.0 cm³/mol. The fraction of sp³-hybridized carbons (Fsp3) is 0.500. The number of hydrogen-bond acceptors (Lipinski definition) is 3. The van der Waals surface area contributed by atoms with Crippen LogP contribution in [0.25, 0.3) is 0 Å². The number of amides is 1. The van der Waals surface area contributed by atoms with Gasteiger partial charge in [0.05, 0.1) is 6.42 Å². The predicted octanol–water partition coefficient (Wildman–Crippen LogP) is 2.76. The number of aryl methyl sites for hydroxylation is 1. The van der Waals surface area contributed by atoms with Gasteiger partial charge in [0.25, 0.3) is 5.91 Å². The number of halogens is 1. The van der Waals surface area contributed by atoms with Crippen LogP contribution in [0.4, 0.5) is 0 Å². The highest BCUT2D eigenvalue weighted by atomic mass is 35.5. The van der Waals surface area contributed by atoms with E-state index in [1.807, 2.05) is 20.8 Å². The summed E-state index contributed by atoms with van der Waals surface area (Å²) >= 11 is 5.86. The molecule has 0 spiro atoms. The highest BCUT2D eigenvalue weighted by Crippen LogP contribution is 2.20. The molecular weight excluding hydrogens is 280 g/mol. The Kier molecular flexibility index (Phi) is 5.11. The molecular formula is C14H19ClN2O3. The molecule has 0 unspecified atom stereocenters. The molecule has 1 amide bonds. The largest absolute Gasteiger partial charge is 0.481 e. The van der Waals surface area contributed by atoms with Gasteiger partial charge in [-0.2, -0.15) is 0 Å². The summed E-state index contributed by atoms with van der Waals surface area (Å²) in [5.74, 6) is -1.18. The number of pyridine rings is 1. The van der Waals surface area contributed by atoms with Crippen LogP contribution in [0.5, 0.6) is 0 Å². The molecule has 1 aromatic rings. The number of nitrogens with zero attached hydrogens (tertiary/aromatic N) is 2. The molecule has 1 rings (SSSR count). The molecule has 1 N–H and O–H groups in total. The minimum atomic E-state index is -0.934. The van der Waals surface area contributed by atoms with Crippen LogP contribution in [-0.4, -0.2) is 39.0 Å². The second-order valence-corrected chi connectivity index (χ2v) is 5.98. The molecule has 1 aromatic heterocycles. The van der Waals surface area contributed by atoms with E-state index in [-0.39, 0.29) is 24.0 Å². The van der Waals surface area contributed by atoms with Crippen molar-refractivity contribution in [3.8, 4) is 0 Å². The fourth-order valence-electron chi connectivity index (χ4n) is 1.86. The zero-order valence-electron chi connectivity index (χ0n) is 12.1. The topological polar surface area (TPSA) is 70.5 Å². The average Bonchev–Trinajstić information content (AvgIpc) is 2.25. The fourth-order valence-corrected chi connectivity index (χ4v) is 2.11. The van der Waals surface area contributed by atoms with E-state index < -0.39 is 11.5 Å². The summed E-state index contributed by atoms with van der Waals surface area (Å²) in [6, 6.07) is 3.14. The molecule has 0 aliphatic heterocycles. The minimum absolute atomic E-state index is 0.0964. The van der Waals surface area contributed by atoms with Gasteiger partial charge in [-0.1, -0.05) is 11.6 Å². The van der Waals surface area contributed by atoms with Crippen LogP contribution in [0.3, 0.4) is 0 Å². The van der Waals surface area contributed by atoms with Crippen molar-refractivity contribution in [2.45, 2.75) is 39.7 Å². The van der Waals surface area contributed by atoms with Crippen LogP contribution >= 0.6 is 11.6 Å². The molecule has 5 nitrogen and oxygen atoms in total. The normalized spacial score (nSPS) is 11.2. The van der Waals surface area contributed by atoms with Gasteiger partial charge in [0.2, 0.25) is 0 Å². The molecule has 20 heavy (non-hydrogen) atoms. The molecule has 110 valence electrons. The smallest absolute Gasteiger partial charge is 0.305 e. The number of aliphatic carboxylic acids is 1. The van der Waals surface area contributed by atoms with Gasteiger partial charge in [-0.05, 0) is 39.8 Å². The Labute approximate surface area is 123 Å². The van der Waals surface area contributed by atoms with Crippen molar-refractivity contribution in [2.75, 3.05) is 6.54 Å². The van der Waals surface area contributed by atoms with Crippen molar-refractivity contribution in [3.05, 3.63) is 28.5 Å². The third-order valence-electron chi connectivity index (χ3n) is 2.77. The van der Waals surface area contributed by atoms with Crippen LogP contribution in [0, 0.1) is 6.92 Å². The Morgan fingerprint density at radius 2 is 1.95 bits per heavy atom. The van der Waals surface area contributed by atoms with Gasteiger partial charge in [-0.3, -0.25) is 9.59 Å². The minimum Gasteiger partial charge on any atom is -0.481 e. The maximum absolute atomic E-state index is 12.6. The van der Waals surface area contributed by atoms with Gasteiger partial charge >= 0.3 is 5.97 Å². The van der Waals surface area contributed by atoms with E-state index >= 15 is 0 Å². The summed E-state index contributed by atoms with van der Waals surface area (Å²) in [6.07, 6.45) is -0.0964. The van der Waals surface area contributed by atoms with Crippen molar-refractivity contribution < 1.29 is 14.7 Å².